The van der Waals surface area contributed by atoms with Crippen LogP contribution in [0.15, 0.2) is 49.8 Å². The molecule has 306 valence electrons. The molecule has 16 heteroatoms. The van der Waals surface area contributed by atoms with Crippen molar-refractivity contribution in [2.75, 3.05) is 41.4 Å². The molecule has 2 unspecified atom stereocenters. The summed E-state index contributed by atoms with van der Waals surface area (Å²) in [5.41, 5.74) is 13.2. The second kappa shape index (κ2) is 22.8. The first-order chi connectivity index (χ1) is 26.9. The number of nitrogens with two attached hydrogens (primary N) is 2. The highest BCUT2D eigenvalue weighted by Gasteiger charge is 2.32. The van der Waals surface area contributed by atoms with Gasteiger partial charge in [0.05, 0.1) is 76.8 Å². The molecule has 56 heavy (non-hydrogen) atoms. The summed E-state index contributed by atoms with van der Waals surface area (Å²) in [5.74, 6) is 3.24. The SMILES string of the molecule is C=C(N)OC.C=COC.CC(C)CC(=O)N1CCCC1c1ncc(-c2nc3cc4sc(-c5cnc(C6CCCN6C)[nH]5)nc4cc3s2)[nH]1.CC(C)CC=O.CN. The lowest BCUT2D eigenvalue weighted by Gasteiger charge is -2.24. The third-order valence-corrected chi connectivity index (χ3v) is 11.0. The number of ether oxygens (including phenoxy) is 2. The molecule has 7 rings (SSSR count). The summed E-state index contributed by atoms with van der Waals surface area (Å²) >= 11 is 3.30. The molecule has 2 aliphatic rings. The Labute approximate surface area is 338 Å². The molecule has 0 spiro atoms. The van der Waals surface area contributed by atoms with Crippen molar-refractivity contribution in [2.45, 2.75) is 78.3 Å². The van der Waals surface area contributed by atoms with Crippen molar-refractivity contribution >= 4 is 55.3 Å². The van der Waals surface area contributed by atoms with E-state index in [1.165, 1.54) is 26.8 Å². The maximum Gasteiger partial charge on any atom is 0.223 e. The molecule has 2 atom stereocenters. The number of aromatic nitrogens is 6. The van der Waals surface area contributed by atoms with E-state index in [1.54, 1.807) is 29.8 Å². The highest BCUT2D eigenvalue weighted by Crippen LogP contribution is 2.38. The molecule has 14 nitrogen and oxygen atoms in total. The van der Waals surface area contributed by atoms with Crippen LogP contribution in [0.4, 0.5) is 0 Å². The predicted molar refractivity (Wildman–Crippen MR) is 229 cm³/mol. The van der Waals surface area contributed by atoms with Gasteiger partial charge in [-0.25, -0.2) is 19.9 Å². The van der Waals surface area contributed by atoms with Crippen molar-refractivity contribution in [3.8, 4) is 21.4 Å². The molecular formula is C40H60N10O4S2. The van der Waals surface area contributed by atoms with E-state index < -0.39 is 0 Å². The summed E-state index contributed by atoms with van der Waals surface area (Å²) in [6.45, 7) is 16.6. The van der Waals surface area contributed by atoms with E-state index in [-0.39, 0.29) is 17.8 Å². The third kappa shape index (κ3) is 12.7. The minimum atomic E-state index is 0.0180. The van der Waals surface area contributed by atoms with E-state index in [4.69, 9.17) is 15.7 Å². The number of nitrogens with zero attached hydrogens (tertiary/aromatic N) is 6. The number of H-pyrrole nitrogens is 2. The number of fused-ring (bicyclic) bond motifs is 2. The fourth-order valence-corrected chi connectivity index (χ4v) is 7.96. The first-order valence-electron chi connectivity index (χ1n) is 18.8. The Bertz CT molecular complexity index is 1930. The number of likely N-dealkylation sites (tertiary alicyclic amines) is 2. The summed E-state index contributed by atoms with van der Waals surface area (Å²) in [6, 6.07) is 4.65. The third-order valence-electron chi connectivity index (χ3n) is 8.85. The van der Waals surface area contributed by atoms with Crippen LogP contribution in [0.1, 0.15) is 90.0 Å². The van der Waals surface area contributed by atoms with Crippen molar-refractivity contribution in [3.63, 3.8) is 0 Å². The monoisotopic (exact) mass is 808 g/mol. The Kier molecular flexibility index (Phi) is 18.6. The zero-order chi connectivity index (χ0) is 41.4. The highest BCUT2D eigenvalue weighted by atomic mass is 32.1. The van der Waals surface area contributed by atoms with Crippen LogP contribution in [0.2, 0.25) is 0 Å². The number of methoxy groups -OCH3 is 2. The number of aldehydes is 1. The van der Waals surface area contributed by atoms with Gasteiger partial charge >= 0.3 is 0 Å². The first-order valence-corrected chi connectivity index (χ1v) is 20.5. The molecule has 0 bridgehead atoms. The summed E-state index contributed by atoms with van der Waals surface area (Å²) in [7, 11) is 6.70. The van der Waals surface area contributed by atoms with Crippen molar-refractivity contribution < 1.29 is 19.1 Å². The molecule has 6 N–H and O–H groups in total. The van der Waals surface area contributed by atoms with Gasteiger partial charge in [0.15, 0.2) is 5.88 Å². The van der Waals surface area contributed by atoms with Gasteiger partial charge in [-0.05, 0) is 76.9 Å². The number of imidazole rings is 2. The quantitative estimate of drug-likeness (QED) is 0.0794. The molecule has 0 aliphatic carbocycles. The van der Waals surface area contributed by atoms with Gasteiger partial charge in [0.25, 0.3) is 0 Å². The van der Waals surface area contributed by atoms with Crippen LogP contribution in [-0.4, -0.2) is 93.3 Å². The zero-order valence-corrected chi connectivity index (χ0v) is 35.8. The Hall–Kier alpha value is -4.64. The molecule has 2 aliphatic heterocycles. The van der Waals surface area contributed by atoms with Crippen molar-refractivity contribution in [2.24, 2.45) is 23.3 Å². The van der Waals surface area contributed by atoms with E-state index in [2.05, 4.69) is 86.2 Å². The van der Waals surface area contributed by atoms with Crippen LogP contribution in [0, 0.1) is 11.8 Å². The molecule has 1 amide bonds. The molecule has 2 saturated heterocycles. The number of nitrogens with one attached hydrogen (secondary N) is 2. The molecular weight excluding hydrogens is 749 g/mol. The standard InChI is InChI=1S/C28H32N8OS2.C5H10O.C3H7NO.C3H6O.CH5N/c1-15(2)10-24(37)36-9-5-7-21(36)26-30-14-19(32-26)28-34-17-12-22-16(11-23(17)39-28)33-27(38-22)18-13-29-25(31-18)20-6-4-8-35(20)3;1-5(2)3-4-6;1-3(4)5-2;1-3-4-2;1-2/h11-15,20-21H,4-10H2,1-3H3,(H,29,31)(H,30,32);4-5H,3H2,1-2H3;1,4H2,2H3;3H,1H2,2H3;2H2,1H3. The topological polar surface area (TPSA) is 194 Å². The number of hydrogen-bond acceptors (Lipinski definition) is 13. The second-order valence-electron chi connectivity index (χ2n) is 14.0. The summed E-state index contributed by atoms with van der Waals surface area (Å²) in [6.07, 6.45) is 11.7. The predicted octanol–water partition coefficient (Wildman–Crippen LogP) is 7.81. The normalized spacial score (nSPS) is 16.2. The number of carbonyl (C=O) groups excluding carboxylic acids is 2. The zero-order valence-electron chi connectivity index (χ0n) is 34.1. The fraction of sp³-hybridized carbons (Fsp3) is 0.500. The van der Waals surface area contributed by atoms with Gasteiger partial charge in [-0.3, -0.25) is 9.69 Å². The highest BCUT2D eigenvalue weighted by molar-refractivity contribution is 7.23. The largest absolute Gasteiger partial charge is 0.505 e. The van der Waals surface area contributed by atoms with Crippen molar-refractivity contribution in [1.82, 2.24) is 39.7 Å². The van der Waals surface area contributed by atoms with Gasteiger partial charge in [-0.2, -0.15) is 0 Å². The summed E-state index contributed by atoms with van der Waals surface area (Å²) < 4.78 is 10.8. The Morgan fingerprint density at radius 1 is 0.929 bits per heavy atom. The smallest absolute Gasteiger partial charge is 0.223 e. The maximum absolute atomic E-state index is 12.8. The van der Waals surface area contributed by atoms with E-state index in [1.807, 2.05) is 31.1 Å². The number of carbonyl (C=O) groups is 2. The van der Waals surface area contributed by atoms with Crippen LogP contribution in [0.5, 0.6) is 0 Å². The first kappa shape index (κ1) is 45.7. The van der Waals surface area contributed by atoms with Crippen molar-refractivity contribution in [1.29, 1.82) is 0 Å². The minimum absolute atomic E-state index is 0.0180. The van der Waals surface area contributed by atoms with Crippen LogP contribution in [0.3, 0.4) is 0 Å². The molecule has 2 fully saturated rings. The second-order valence-corrected chi connectivity index (χ2v) is 16.1. The van der Waals surface area contributed by atoms with Gasteiger partial charge in [0, 0.05) is 19.4 Å². The van der Waals surface area contributed by atoms with Crippen LogP contribution < -0.4 is 11.5 Å². The summed E-state index contributed by atoms with van der Waals surface area (Å²) in [5, 5.41) is 1.85. The lowest BCUT2D eigenvalue weighted by molar-refractivity contribution is -0.133. The van der Waals surface area contributed by atoms with Crippen LogP contribution >= 0.6 is 22.7 Å². The number of rotatable bonds is 10. The fourth-order valence-electron chi connectivity index (χ4n) is 6.07. The number of hydrogen-bond donors (Lipinski definition) is 4. The Balaban J connectivity index is 0.000000421. The van der Waals surface area contributed by atoms with Gasteiger partial charge in [-0.15, -0.1) is 22.7 Å². The molecule has 1 aromatic carbocycles. The van der Waals surface area contributed by atoms with Crippen molar-refractivity contribution in [3.05, 3.63) is 61.5 Å². The molecule has 6 heterocycles. The lowest BCUT2D eigenvalue weighted by atomic mass is 10.1. The van der Waals surface area contributed by atoms with E-state index in [0.29, 0.717) is 30.7 Å². The Morgan fingerprint density at radius 3 is 1.80 bits per heavy atom. The van der Waals surface area contributed by atoms with Gasteiger partial charge < -0.3 is 40.6 Å². The molecule has 0 saturated carbocycles. The minimum Gasteiger partial charge on any atom is -0.505 e. The lowest BCUT2D eigenvalue weighted by Crippen LogP contribution is -2.31. The van der Waals surface area contributed by atoms with E-state index in [9.17, 15) is 9.59 Å². The van der Waals surface area contributed by atoms with Gasteiger partial charge in [-0.1, -0.05) is 34.3 Å². The number of thiazole rings is 2. The van der Waals surface area contributed by atoms with Crippen LogP contribution in [0.25, 0.3) is 41.8 Å². The average molecular weight is 809 g/mol. The van der Waals surface area contributed by atoms with Gasteiger partial charge in [0.2, 0.25) is 5.91 Å². The maximum atomic E-state index is 12.8. The van der Waals surface area contributed by atoms with E-state index in [0.717, 1.165) is 92.1 Å². The molecule has 0 radical (unpaired) electrons. The average Bonchev–Trinajstić information content (AvgIpc) is 4.02. The number of aromatic amines is 2. The molecule has 5 aromatic rings. The number of amides is 1. The summed E-state index contributed by atoms with van der Waals surface area (Å²) in [4.78, 5) is 53.0. The van der Waals surface area contributed by atoms with Crippen LogP contribution in [-0.2, 0) is 19.1 Å². The Morgan fingerprint density at radius 2 is 1.41 bits per heavy atom. The number of benzene rings is 1. The molecule has 4 aromatic heterocycles. The van der Waals surface area contributed by atoms with Gasteiger partial charge in [0.1, 0.15) is 28.0 Å². The van der Waals surface area contributed by atoms with E-state index >= 15 is 0 Å².